The first-order chi connectivity index (χ1) is 43.0. The molecule has 0 spiro atoms. The fourth-order valence-corrected chi connectivity index (χ4v) is 11.4. The van der Waals surface area contributed by atoms with Crippen molar-refractivity contribution in [1.29, 1.82) is 0 Å². The van der Waals surface area contributed by atoms with Gasteiger partial charge in [0.05, 0.1) is 39.6 Å². The number of carboxylic acids is 2. The molecule has 43 heteroatoms. The fraction of sp³-hybridized carbons (Fsp3) is 0.958. The van der Waals surface area contributed by atoms with Crippen molar-refractivity contribution >= 4 is 11.9 Å². The van der Waals surface area contributed by atoms with E-state index in [2.05, 4.69) is 0 Å². The summed E-state index contributed by atoms with van der Waals surface area (Å²) in [6.45, 7) is -6.91. The third-order valence-electron chi connectivity index (χ3n) is 16.6. The molecule has 0 radical (unpaired) electrons. The largest absolute Gasteiger partial charge is 0.479 e. The Balaban J connectivity index is 1.03. The Kier molecular flexibility index (Phi) is 25.5. The molecule has 43 nitrogen and oxygen atoms in total. The van der Waals surface area contributed by atoms with E-state index in [1.54, 1.807) is 0 Å². The number of hydrogen-bond donors (Lipinski definition) is 26. The highest BCUT2D eigenvalue weighted by Crippen LogP contribution is 2.40. The van der Waals surface area contributed by atoms with Crippen LogP contribution in [0, 0.1) is 0 Å². The second kappa shape index (κ2) is 31.3. The van der Waals surface area contributed by atoms with Gasteiger partial charge in [-0.15, -0.1) is 0 Å². The van der Waals surface area contributed by atoms with Crippen molar-refractivity contribution in [2.45, 2.75) is 246 Å². The van der Waals surface area contributed by atoms with Gasteiger partial charge >= 0.3 is 11.9 Å². The van der Waals surface area contributed by atoms with E-state index in [9.17, 15) is 142 Å². The summed E-state index contributed by atoms with van der Waals surface area (Å²) in [6, 6.07) is 0. The lowest BCUT2D eigenvalue weighted by Crippen LogP contribution is -2.69. The number of rotatable bonds is 22. The van der Waals surface area contributed by atoms with Gasteiger partial charge in [-0.25, -0.2) is 9.59 Å². The summed E-state index contributed by atoms with van der Waals surface area (Å²) in [7, 11) is 0. The van der Waals surface area contributed by atoms with Gasteiger partial charge in [-0.05, 0) is 0 Å². The normalized spacial score (nSPS) is 52.6. The highest BCUT2D eigenvalue weighted by Gasteiger charge is 2.61. The monoisotopic (exact) mass is 1340 g/mol. The number of carbonyl (C=O) groups is 2. The minimum absolute atomic E-state index is 0.994. The van der Waals surface area contributed by atoms with E-state index < -0.39 is 297 Å². The molecule has 8 fully saturated rings. The van der Waals surface area contributed by atoms with Crippen molar-refractivity contribution in [3.63, 3.8) is 0 Å². The summed E-state index contributed by atoms with van der Waals surface area (Å²) >= 11 is 0. The lowest BCUT2D eigenvalue weighted by Gasteiger charge is -2.51. The zero-order chi connectivity index (χ0) is 67.1. The smallest absolute Gasteiger partial charge is 0.335 e. The van der Waals surface area contributed by atoms with Crippen LogP contribution in [0.5, 0.6) is 0 Å². The van der Waals surface area contributed by atoms with Gasteiger partial charge in [0, 0.05) is 0 Å². The molecule has 0 aromatic rings. The SMILES string of the molecule is O=C(O)[C@H]1O[C@H](O[C@@H]2[C@H](O)[C@H](O[C@H]3[C@H](O)[C@@H](O)[C@@H](O[C@H]4[C@@H](O)[C@H](O[C@H]5[C@H](O[C@H]6O[C@H](C(=O)O)[C@@H](O)[C@H](O)[C@H]6O)[C@H](O)[C@H](O[C@H]6[C@H](O)[C@@H](O)[C@@H](O)O[C@@H]6CO)O[C@@H]5CO)O[C@H](CO)[C@H]4O)O[C@@H]3CO)O[C@H](CO)[C@H]2O[C@@H]2O[C@H](CO)[C@@H](O)[C@H](O)[C@H]2O)[C@H](O)[C@@H](O)[C@@H]1O. The molecule has 0 saturated carbocycles. The summed E-state index contributed by atoms with van der Waals surface area (Å²) in [5, 5.41) is 279. The van der Waals surface area contributed by atoms with Gasteiger partial charge in [0.1, 0.15) is 183 Å². The quantitative estimate of drug-likeness (QED) is 0.0479. The van der Waals surface area contributed by atoms with E-state index >= 15 is 0 Å². The molecule has 91 heavy (non-hydrogen) atoms. The van der Waals surface area contributed by atoms with E-state index in [-0.39, 0.29) is 0 Å². The van der Waals surface area contributed by atoms with Crippen LogP contribution in [-0.4, -0.2) is 430 Å². The van der Waals surface area contributed by atoms with Crippen molar-refractivity contribution in [3.8, 4) is 0 Å². The number of aliphatic hydroxyl groups is 24. The van der Waals surface area contributed by atoms with Crippen LogP contribution in [0.4, 0.5) is 0 Å². The predicted molar refractivity (Wildman–Crippen MR) is 266 cm³/mol. The molecular formula is C48H78O43. The van der Waals surface area contributed by atoms with Crippen LogP contribution in [0.15, 0.2) is 0 Å². The van der Waals surface area contributed by atoms with Crippen LogP contribution < -0.4 is 0 Å². The Hall–Kier alpha value is -2.62. The van der Waals surface area contributed by atoms with Crippen LogP contribution in [0.2, 0.25) is 0 Å². The summed E-state index contributed by atoms with van der Waals surface area (Å²) < 4.78 is 84.3. The average Bonchev–Trinajstić information content (AvgIpc) is 0.892. The van der Waals surface area contributed by atoms with Crippen LogP contribution >= 0.6 is 0 Å². The lowest BCUT2D eigenvalue weighted by molar-refractivity contribution is -0.408. The Morgan fingerprint density at radius 2 is 0.484 bits per heavy atom. The Labute approximate surface area is 510 Å². The minimum Gasteiger partial charge on any atom is -0.479 e. The van der Waals surface area contributed by atoms with Crippen molar-refractivity contribution in [1.82, 2.24) is 0 Å². The molecular weight excluding hydrogens is 1260 g/mol. The molecule has 8 aliphatic heterocycles. The average molecular weight is 1340 g/mol. The first-order valence-electron chi connectivity index (χ1n) is 28.2. The van der Waals surface area contributed by atoms with Crippen molar-refractivity contribution in [2.75, 3.05) is 39.6 Å². The maximum absolute atomic E-state index is 12.0. The van der Waals surface area contributed by atoms with Crippen LogP contribution in [0.3, 0.4) is 0 Å². The summed E-state index contributed by atoms with van der Waals surface area (Å²) in [6.07, 6.45) is -88.2. The standard InChI is InChI=1S/C48H78O43/c49-1-7-13(55)15(57)23(65)42(78-7)85-32-11(5-53)81-48(28(70)35(32)88-44-24(66)16(58)18(60)37(90-44)39(72)73)84-31-10(4-52)80-43(26(68)21(31)63)87-34-14(56)8(2-50)79-46(27(34)69)86-33-12(6-54)82-47(83-30-9(3-51)77-41(76)22(64)20(30)62)29(71)36(33)89-45-25(67)17(59)19(61)38(91-45)40(74)75/h7-38,41-71,76H,1-6H2,(H,72,73)(H,74,75)/t7-,8-,9-,10-,11-,12-,13-,14-,15+,16+,17+,18+,19+,20-,21-,22-,23-,24-,25-,26-,27-,28+,29+,30-,31-,32-,33-,34-,35-,36-,37+,38+,41+,42+,43-,44+,45+,46+,47+,48+/m1/s1. The van der Waals surface area contributed by atoms with E-state index in [0.717, 1.165) is 0 Å². The second-order valence-electron chi connectivity index (χ2n) is 22.4. The number of hydrogen-bond acceptors (Lipinski definition) is 41. The molecule has 8 aliphatic rings. The van der Waals surface area contributed by atoms with E-state index in [0.29, 0.717) is 0 Å². The molecule has 0 unspecified atom stereocenters. The van der Waals surface area contributed by atoms with Gasteiger partial charge in [-0.2, -0.15) is 0 Å². The van der Waals surface area contributed by atoms with Gasteiger partial charge in [0.15, 0.2) is 62.5 Å². The maximum Gasteiger partial charge on any atom is 0.335 e. The molecule has 528 valence electrons. The molecule has 0 bridgehead atoms. The molecule has 8 heterocycles. The molecule has 0 aliphatic carbocycles. The van der Waals surface area contributed by atoms with Gasteiger partial charge in [-0.1, -0.05) is 0 Å². The third kappa shape index (κ3) is 15.1. The molecule has 26 N–H and O–H groups in total. The lowest BCUT2D eigenvalue weighted by atomic mass is 9.94. The molecule has 40 atom stereocenters. The number of ether oxygens (including phenoxy) is 15. The maximum atomic E-state index is 12.0. The van der Waals surface area contributed by atoms with Crippen LogP contribution in [-0.2, 0) is 80.6 Å². The van der Waals surface area contributed by atoms with Gasteiger partial charge in [0.2, 0.25) is 0 Å². The molecule has 0 aromatic heterocycles. The van der Waals surface area contributed by atoms with Gasteiger partial charge in [0.25, 0.3) is 0 Å². The Morgan fingerprint density at radius 1 is 0.231 bits per heavy atom. The Morgan fingerprint density at radius 3 is 0.857 bits per heavy atom. The molecule has 8 rings (SSSR count). The molecule has 8 saturated heterocycles. The summed E-state index contributed by atoms with van der Waals surface area (Å²) in [5.74, 6) is -3.82. The van der Waals surface area contributed by atoms with Gasteiger partial charge in [-0.3, -0.25) is 0 Å². The van der Waals surface area contributed by atoms with E-state index in [1.165, 1.54) is 0 Å². The Bertz CT molecular complexity index is 2300. The topological polar surface area (TPSA) is 699 Å². The van der Waals surface area contributed by atoms with Crippen LogP contribution in [0.25, 0.3) is 0 Å². The minimum atomic E-state index is -2.47. The van der Waals surface area contributed by atoms with Crippen molar-refractivity contribution in [3.05, 3.63) is 0 Å². The summed E-state index contributed by atoms with van der Waals surface area (Å²) in [5.41, 5.74) is 0. The fourth-order valence-electron chi connectivity index (χ4n) is 11.4. The van der Waals surface area contributed by atoms with Crippen molar-refractivity contribution < 1.29 is 213 Å². The zero-order valence-electron chi connectivity index (χ0n) is 46.9. The van der Waals surface area contributed by atoms with E-state index in [4.69, 9.17) is 71.1 Å². The number of aliphatic hydroxyl groups excluding tert-OH is 24. The second-order valence-corrected chi connectivity index (χ2v) is 22.4. The predicted octanol–water partition coefficient (Wildman–Crippen LogP) is -18.3. The summed E-state index contributed by atoms with van der Waals surface area (Å²) in [4.78, 5) is 24.1. The highest BCUT2D eigenvalue weighted by atomic mass is 16.8. The van der Waals surface area contributed by atoms with E-state index in [1.807, 2.05) is 0 Å². The first-order valence-corrected chi connectivity index (χ1v) is 28.2. The number of aliphatic carboxylic acids is 2. The zero-order valence-corrected chi connectivity index (χ0v) is 46.9. The third-order valence-corrected chi connectivity index (χ3v) is 16.6. The van der Waals surface area contributed by atoms with Crippen LogP contribution in [0.1, 0.15) is 0 Å². The first kappa shape index (κ1) is 74.2. The van der Waals surface area contributed by atoms with Crippen molar-refractivity contribution in [2.24, 2.45) is 0 Å². The molecule has 0 aromatic carbocycles. The molecule has 0 amide bonds. The van der Waals surface area contributed by atoms with Gasteiger partial charge < -0.3 is 204 Å². The number of carboxylic acid groups (broad SMARTS) is 2. The highest BCUT2D eigenvalue weighted by molar-refractivity contribution is 5.73.